The minimum absolute atomic E-state index is 0.430. The normalized spacial score (nSPS) is 12.3. The van der Waals surface area contributed by atoms with Crippen molar-refractivity contribution in [3.8, 4) is 0 Å². The first-order chi connectivity index (χ1) is 6.31. The minimum Gasteiger partial charge on any atom is -0.291 e. The molecule has 0 aliphatic heterocycles. The lowest BCUT2D eigenvalue weighted by molar-refractivity contribution is 0.555. The summed E-state index contributed by atoms with van der Waals surface area (Å²) in [6, 6.07) is 0. The van der Waals surface area contributed by atoms with E-state index in [2.05, 4.69) is 13.0 Å². The summed E-state index contributed by atoms with van der Waals surface area (Å²) in [5.74, 6) is 0. The van der Waals surface area contributed by atoms with Gasteiger partial charge < -0.3 is 0 Å². The van der Waals surface area contributed by atoms with Gasteiger partial charge in [-0.05, 0) is 19.8 Å². The van der Waals surface area contributed by atoms with Gasteiger partial charge in [0.15, 0.2) is 0 Å². The Labute approximate surface area is 81.5 Å². The first-order valence-corrected chi connectivity index (χ1v) is 4.98. The summed E-state index contributed by atoms with van der Waals surface area (Å²) in [5.41, 5.74) is 1.07. The fourth-order valence-electron chi connectivity index (χ4n) is 1.01. The highest BCUT2D eigenvalue weighted by atomic mass is 16.1. The molecule has 0 aromatic rings. The zero-order valence-corrected chi connectivity index (χ0v) is 8.68. The monoisotopic (exact) mass is 179 g/mol. The molecule has 0 aromatic carbocycles. The van der Waals surface area contributed by atoms with Gasteiger partial charge in [-0.3, -0.25) is 4.79 Å². The largest absolute Gasteiger partial charge is 0.291 e. The number of rotatable bonds is 7. The van der Waals surface area contributed by atoms with E-state index >= 15 is 0 Å². The van der Waals surface area contributed by atoms with E-state index in [1.165, 1.54) is 19.3 Å². The number of carbonyl (C=O) groups excluding carboxylic acids is 1. The summed E-state index contributed by atoms with van der Waals surface area (Å²) in [6.45, 7) is 4.15. The Morgan fingerprint density at radius 2 is 2.15 bits per heavy atom. The van der Waals surface area contributed by atoms with Gasteiger partial charge >= 0.3 is 0 Å². The van der Waals surface area contributed by atoms with Crippen LogP contribution < -0.4 is 0 Å². The summed E-state index contributed by atoms with van der Waals surface area (Å²) in [4.78, 5) is 10.00. The molecule has 0 heterocycles. The highest BCUT2D eigenvalue weighted by Gasteiger charge is 1.84. The van der Waals surface area contributed by atoms with Gasteiger partial charge in [-0.1, -0.05) is 43.6 Å². The maximum atomic E-state index is 10.00. The smallest absolute Gasteiger partial charge is 0.202 e. The van der Waals surface area contributed by atoms with E-state index in [1.807, 2.05) is 25.4 Å². The molecule has 13 heavy (non-hydrogen) atoms. The van der Waals surface area contributed by atoms with Gasteiger partial charge in [-0.15, -0.1) is 0 Å². The van der Waals surface area contributed by atoms with Crippen molar-refractivity contribution in [2.24, 2.45) is 0 Å². The molecule has 0 spiro atoms. The van der Waals surface area contributed by atoms with Crippen LogP contribution in [0, 0.1) is 0 Å². The van der Waals surface area contributed by atoms with Crippen LogP contribution in [0.2, 0.25) is 0 Å². The van der Waals surface area contributed by atoms with Crippen LogP contribution in [0.15, 0.2) is 23.8 Å². The predicted molar refractivity (Wildman–Crippen MR) is 57.3 cm³/mol. The third-order valence-electron chi connectivity index (χ3n) is 1.84. The lowest BCUT2D eigenvalue weighted by Crippen LogP contribution is -1.76. The lowest BCUT2D eigenvalue weighted by Gasteiger charge is -1.91. The van der Waals surface area contributed by atoms with E-state index < -0.39 is 0 Å². The van der Waals surface area contributed by atoms with E-state index in [0.29, 0.717) is 6.42 Å². The molecule has 73 valence electrons. The van der Waals surface area contributed by atoms with Crippen molar-refractivity contribution in [3.63, 3.8) is 0 Å². The molecule has 0 aliphatic rings. The zero-order valence-electron chi connectivity index (χ0n) is 8.68. The average Bonchev–Trinajstić information content (AvgIpc) is 2.11. The molecule has 0 aliphatic carbocycles. The Kier molecular flexibility index (Phi) is 8.64. The Balaban J connectivity index is 3.48. The fourth-order valence-corrected chi connectivity index (χ4v) is 1.01. The van der Waals surface area contributed by atoms with Crippen molar-refractivity contribution in [2.45, 2.75) is 46.0 Å². The summed E-state index contributed by atoms with van der Waals surface area (Å²) >= 11 is 0. The molecule has 0 saturated carbocycles. The van der Waals surface area contributed by atoms with E-state index in [9.17, 15) is 4.79 Å². The second kappa shape index (κ2) is 9.24. The molecule has 0 rings (SSSR count). The topological polar surface area (TPSA) is 17.1 Å². The Morgan fingerprint density at radius 1 is 1.38 bits per heavy atom. The van der Waals surface area contributed by atoms with Crippen LogP contribution in [0.4, 0.5) is 0 Å². The third-order valence-corrected chi connectivity index (χ3v) is 1.84. The second-order valence-corrected chi connectivity index (χ2v) is 3.26. The second-order valence-electron chi connectivity index (χ2n) is 3.26. The van der Waals surface area contributed by atoms with Gasteiger partial charge in [-0.25, -0.2) is 0 Å². The van der Waals surface area contributed by atoms with E-state index in [0.717, 1.165) is 12.0 Å². The Morgan fingerprint density at radius 3 is 2.77 bits per heavy atom. The maximum Gasteiger partial charge on any atom is 0.202 e. The molecule has 0 N–H and O–H groups in total. The van der Waals surface area contributed by atoms with Crippen molar-refractivity contribution < 1.29 is 4.79 Å². The van der Waals surface area contributed by atoms with Gasteiger partial charge in [0.1, 0.15) is 0 Å². The van der Waals surface area contributed by atoms with Gasteiger partial charge in [0.2, 0.25) is 6.29 Å². The quantitative estimate of drug-likeness (QED) is 0.431. The van der Waals surface area contributed by atoms with Gasteiger partial charge in [0.05, 0.1) is 0 Å². The molecule has 1 radical (unpaired) electrons. The van der Waals surface area contributed by atoms with Crippen molar-refractivity contribution >= 4 is 6.29 Å². The zero-order chi connectivity index (χ0) is 9.94. The fraction of sp³-hybridized carbons (Fsp3) is 0.583. The van der Waals surface area contributed by atoms with Crippen molar-refractivity contribution in [3.05, 3.63) is 23.8 Å². The maximum absolute atomic E-state index is 10.00. The molecule has 0 amide bonds. The highest BCUT2D eigenvalue weighted by Crippen LogP contribution is 2.01. The average molecular weight is 179 g/mol. The van der Waals surface area contributed by atoms with Gasteiger partial charge in [0.25, 0.3) is 0 Å². The van der Waals surface area contributed by atoms with Crippen LogP contribution in [0.1, 0.15) is 46.0 Å². The summed E-state index contributed by atoms with van der Waals surface area (Å²) in [6.07, 6.45) is 13.4. The molecule has 0 aromatic heterocycles. The third kappa shape index (κ3) is 9.06. The molecule has 0 atom stereocenters. The first-order valence-electron chi connectivity index (χ1n) is 4.98. The van der Waals surface area contributed by atoms with Crippen molar-refractivity contribution in [1.82, 2.24) is 0 Å². The van der Waals surface area contributed by atoms with E-state index in [1.54, 1.807) is 0 Å². The van der Waals surface area contributed by atoms with E-state index in [4.69, 9.17) is 0 Å². The predicted octanol–water partition coefficient (Wildman–Crippen LogP) is 3.57. The first kappa shape index (κ1) is 12.2. The molecule has 1 nitrogen and oxygen atoms in total. The summed E-state index contributed by atoms with van der Waals surface area (Å²) in [5, 5.41) is 0. The summed E-state index contributed by atoms with van der Waals surface area (Å²) < 4.78 is 0. The van der Waals surface area contributed by atoms with Crippen LogP contribution in [0.25, 0.3) is 0 Å². The lowest BCUT2D eigenvalue weighted by atomic mass is 10.2. The molecule has 0 unspecified atom stereocenters. The van der Waals surface area contributed by atoms with Crippen LogP contribution in [0.3, 0.4) is 0 Å². The number of hydrogen-bond donors (Lipinski definition) is 0. The molecule has 0 fully saturated rings. The molecule has 1 heteroatoms. The number of unbranched alkanes of at least 4 members (excludes halogenated alkanes) is 3. The standard InChI is InChI=1S/C12H19O/c1-3-4-5-6-7-8-9-12(2)10-11-13/h7-9H,3-6,10H2,1-2H3. The SMILES string of the molecule is CCCCCC=CC=C(C)C[C]=O. The van der Waals surface area contributed by atoms with Crippen LogP contribution in [-0.4, -0.2) is 6.29 Å². The van der Waals surface area contributed by atoms with Crippen LogP contribution >= 0.6 is 0 Å². The summed E-state index contributed by atoms with van der Waals surface area (Å²) in [7, 11) is 0. The highest BCUT2D eigenvalue weighted by molar-refractivity contribution is 5.55. The molecular formula is C12H19O. The van der Waals surface area contributed by atoms with Crippen LogP contribution in [-0.2, 0) is 4.79 Å². The molecule has 0 bridgehead atoms. The van der Waals surface area contributed by atoms with E-state index in [-0.39, 0.29) is 0 Å². The number of allylic oxidation sites excluding steroid dienone is 4. The van der Waals surface area contributed by atoms with Crippen molar-refractivity contribution in [1.29, 1.82) is 0 Å². The molecular weight excluding hydrogens is 160 g/mol. The van der Waals surface area contributed by atoms with Gasteiger partial charge in [0, 0.05) is 6.42 Å². The Hall–Kier alpha value is -0.850. The number of hydrogen-bond acceptors (Lipinski definition) is 1. The Bertz CT molecular complexity index is 178. The van der Waals surface area contributed by atoms with Crippen LogP contribution in [0.5, 0.6) is 0 Å². The van der Waals surface area contributed by atoms with Crippen molar-refractivity contribution in [2.75, 3.05) is 0 Å². The van der Waals surface area contributed by atoms with Gasteiger partial charge in [-0.2, -0.15) is 0 Å². The minimum atomic E-state index is 0.430. The molecule has 0 saturated heterocycles.